The third-order valence-electron chi connectivity index (χ3n) is 2.88. The lowest BCUT2D eigenvalue weighted by molar-refractivity contribution is 0.0524. The first kappa shape index (κ1) is 15.0. The number of carbonyl (C=O) groups excluding carboxylic acids is 1. The molecule has 1 aromatic heterocycles. The smallest absolute Gasteiger partial charge is 0.341 e. The largest absolute Gasteiger partial charge is 0.462 e. The molecule has 110 valence electrons. The van der Waals surface area contributed by atoms with E-state index in [9.17, 15) is 4.79 Å². The van der Waals surface area contributed by atoms with Crippen LogP contribution in [0, 0.1) is 0 Å². The monoisotopic (exact) mass is 285 g/mol. The van der Waals surface area contributed by atoms with E-state index >= 15 is 0 Å². The fraction of sp³-hybridized carbons (Fsp3) is 0.312. The van der Waals surface area contributed by atoms with Crippen molar-refractivity contribution in [3.05, 3.63) is 47.8 Å². The molecule has 2 aromatic rings. The highest BCUT2D eigenvalue weighted by Crippen LogP contribution is 2.16. The molecule has 0 amide bonds. The van der Waals surface area contributed by atoms with Crippen molar-refractivity contribution in [2.75, 3.05) is 11.9 Å². The topological polar surface area (TPSA) is 64.1 Å². The molecule has 0 atom stereocenters. The number of ether oxygens (including phenoxy) is 1. The number of anilines is 2. The third kappa shape index (κ3) is 4.02. The molecule has 0 saturated carbocycles. The number of aromatic nitrogens is 2. The van der Waals surface area contributed by atoms with Gasteiger partial charge in [0.2, 0.25) is 5.95 Å². The minimum Gasteiger partial charge on any atom is -0.462 e. The minimum absolute atomic E-state index is 0.342. The molecule has 1 aromatic carbocycles. The molecule has 5 nitrogen and oxygen atoms in total. The van der Waals surface area contributed by atoms with Crippen LogP contribution in [0.25, 0.3) is 0 Å². The zero-order chi connectivity index (χ0) is 15.1. The maximum atomic E-state index is 11.9. The number of nitrogens with zero attached hydrogens (tertiary/aromatic N) is 2. The molecule has 1 heterocycles. The average molecular weight is 285 g/mol. The first-order chi connectivity index (χ1) is 10.2. The highest BCUT2D eigenvalue weighted by atomic mass is 16.5. The van der Waals surface area contributed by atoms with Crippen molar-refractivity contribution in [3.63, 3.8) is 0 Å². The van der Waals surface area contributed by atoms with Gasteiger partial charge in [0.1, 0.15) is 0 Å². The minimum atomic E-state index is -0.368. The quantitative estimate of drug-likeness (QED) is 0.825. The summed E-state index contributed by atoms with van der Waals surface area (Å²) in [6.07, 6.45) is 3.13. The molecule has 1 N–H and O–H groups in total. The predicted molar refractivity (Wildman–Crippen MR) is 81.7 cm³/mol. The zero-order valence-corrected chi connectivity index (χ0v) is 12.3. The first-order valence-electron chi connectivity index (χ1n) is 7.09. The van der Waals surface area contributed by atoms with Gasteiger partial charge in [-0.05, 0) is 25.5 Å². The van der Waals surface area contributed by atoms with Crippen LogP contribution < -0.4 is 5.32 Å². The van der Waals surface area contributed by atoms with Gasteiger partial charge in [0.25, 0.3) is 0 Å². The highest BCUT2D eigenvalue weighted by molar-refractivity contribution is 5.90. The van der Waals surface area contributed by atoms with Gasteiger partial charge in [-0.25, -0.2) is 14.8 Å². The number of rotatable bonds is 6. The second kappa shape index (κ2) is 7.38. The lowest BCUT2D eigenvalue weighted by Gasteiger charge is -2.10. The highest BCUT2D eigenvalue weighted by Gasteiger charge is 2.15. The number of aryl methyl sites for hydroxylation is 1. The van der Waals surface area contributed by atoms with Crippen molar-refractivity contribution >= 4 is 17.6 Å². The Morgan fingerprint density at radius 1 is 1.24 bits per heavy atom. The van der Waals surface area contributed by atoms with Crippen LogP contribution >= 0.6 is 0 Å². The maximum Gasteiger partial charge on any atom is 0.341 e. The van der Waals surface area contributed by atoms with Crippen molar-refractivity contribution in [3.8, 4) is 0 Å². The van der Waals surface area contributed by atoms with Crippen LogP contribution in [-0.4, -0.2) is 22.5 Å². The Kier molecular flexibility index (Phi) is 5.26. The van der Waals surface area contributed by atoms with Gasteiger partial charge in [-0.2, -0.15) is 0 Å². The Bertz CT molecular complexity index is 600. The standard InChI is InChI=1S/C16H19N3O2/c1-3-8-14-13(15(20)21-4-2)11-17-16(19-14)18-12-9-6-5-7-10-12/h5-7,9-11H,3-4,8H2,1-2H3,(H,17,18,19). The number of benzene rings is 1. The average Bonchev–Trinajstić information content (AvgIpc) is 2.49. The predicted octanol–water partition coefficient (Wildman–Crippen LogP) is 3.35. The van der Waals surface area contributed by atoms with Gasteiger partial charge in [-0.1, -0.05) is 31.5 Å². The number of nitrogens with one attached hydrogen (secondary N) is 1. The number of esters is 1. The van der Waals surface area contributed by atoms with Gasteiger partial charge in [-0.3, -0.25) is 0 Å². The molecule has 0 spiro atoms. The Hall–Kier alpha value is -2.43. The molecule has 21 heavy (non-hydrogen) atoms. The Morgan fingerprint density at radius 2 is 2.00 bits per heavy atom. The Balaban J connectivity index is 2.25. The van der Waals surface area contributed by atoms with Gasteiger partial charge < -0.3 is 10.1 Å². The Labute approximate surface area is 124 Å². The summed E-state index contributed by atoms with van der Waals surface area (Å²) in [5.74, 6) is 0.116. The van der Waals surface area contributed by atoms with Crippen LogP contribution in [0.15, 0.2) is 36.5 Å². The van der Waals surface area contributed by atoms with Gasteiger partial charge in [0.15, 0.2) is 0 Å². The second-order valence-corrected chi connectivity index (χ2v) is 4.52. The van der Waals surface area contributed by atoms with Crippen LogP contribution in [0.3, 0.4) is 0 Å². The molecule has 0 fully saturated rings. The van der Waals surface area contributed by atoms with Crippen LogP contribution in [0.1, 0.15) is 36.3 Å². The second-order valence-electron chi connectivity index (χ2n) is 4.52. The van der Waals surface area contributed by atoms with Crippen LogP contribution in [0.4, 0.5) is 11.6 Å². The summed E-state index contributed by atoms with van der Waals surface area (Å²) in [5.41, 5.74) is 2.06. The van der Waals surface area contributed by atoms with Crippen molar-refractivity contribution in [2.24, 2.45) is 0 Å². The van der Waals surface area contributed by atoms with Crippen molar-refractivity contribution < 1.29 is 9.53 Å². The molecule has 0 aliphatic rings. The summed E-state index contributed by atoms with van der Waals surface area (Å²) in [6, 6.07) is 9.67. The number of hydrogen-bond acceptors (Lipinski definition) is 5. The van der Waals surface area contributed by atoms with Crippen LogP contribution in [0.2, 0.25) is 0 Å². The van der Waals surface area contributed by atoms with E-state index in [4.69, 9.17) is 4.74 Å². The van der Waals surface area contributed by atoms with E-state index in [1.807, 2.05) is 37.3 Å². The number of carbonyl (C=O) groups is 1. The molecular weight excluding hydrogens is 266 g/mol. The molecule has 0 bridgehead atoms. The van der Waals surface area contributed by atoms with E-state index in [1.165, 1.54) is 6.20 Å². The van der Waals surface area contributed by atoms with E-state index in [0.717, 1.165) is 12.1 Å². The van der Waals surface area contributed by atoms with Gasteiger partial charge in [0.05, 0.1) is 17.9 Å². The van der Waals surface area contributed by atoms with Crippen molar-refractivity contribution in [2.45, 2.75) is 26.7 Å². The van der Waals surface area contributed by atoms with E-state index in [2.05, 4.69) is 15.3 Å². The summed E-state index contributed by atoms with van der Waals surface area (Å²) in [5, 5.41) is 3.13. The lowest BCUT2D eigenvalue weighted by Crippen LogP contribution is -2.12. The molecule has 0 aliphatic heterocycles. The normalized spacial score (nSPS) is 10.2. The zero-order valence-electron chi connectivity index (χ0n) is 12.3. The molecule has 0 saturated heterocycles. The summed E-state index contributed by atoms with van der Waals surface area (Å²) in [4.78, 5) is 20.5. The molecule has 0 unspecified atom stereocenters. The number of para-hydroxylation sites is 1. The maximum absolute atomic E-state index is 11.9. The summed E-state index contributed by atoms with van der Waals surface area (Å²) < 4.78 is 5.03. The van der Waals surface area contributed by atoms with Crippen molar-refractivity contribution in [1.82, 2.24) is 9.97 Å². The molecule has 0 radical (unpaired) electrons. The van der Waals surface area contributed by atoms with Crippen LogP contribution in [-0.2, 0) is 11.2 Å². The Morgan fingerprint density at radius 3 is 2.67 bits per heavy atom. The van der Waals surface area contributed by atoms with E-state index in [-0.39, 0.29) is 5.97 Å². The van der Waals surface area contributed by atoms with E-state index < -0.39 is 0 Å². The van der Waals surface area contributed by atoms with Crippen molar-refractivity contribution in [1.29, 1.82) is 0 Å². The molecule has 2 rings (SSSR count). The fourth-order valence-corrected chi connectivity index (χ4v) is 1.93. The van der Waals surface area contributed by atoms with E-state index in [1.54, 1.807) is 6.92 Å². The third-order valence-corrected chi connectivity index (χ3v) is 2.88. The number of hydrogen-bond donors (Lipinski definition) is 1. The van der Waals surface area contributed by atoms with Gasteiger partial charge >= 0.3 is 5.97 Å². The molecule has 5 heteroatoms. The van der Waals surface area contributed by atoms with Crippen LogP contribution in [0.5, 0.6) is 0 Å². The van der Waals surface area contributed by atoms with Gasteiger partial charge in [-0.15, -0.1) is 0 Å². The summed E-state index contributed by atoms with van der Waals surface area (Å²) in [6.45, 7) is 4.17. The molecule has 0 aliphatic carbocycles. The summed E-state index contributed by atoms with van der Waals surface area (Å²) >= 11 is 0. The molecular formula is C16H19N3O2. The fourth-order valence-electron chi connectivity index (χ4n) is 1.93. The lowest BCUT2D eigenvalue weighted by atomic mass is 10.1. The SMILES string of the molecule is CCCc1nc(Nc2ccccc2)ncc1C(=O)OCC. The van der Waals surface area contributed by atoms with Gasteiger partial charge in [0, 0.05) is 11.9 Å². The van der Waals surface area contributed by atoms with E-state index in [0.29, 0.717) is 30.2 Å². The summed E-state index contributed by atoms with van der Waals surface area (Å²) in [7, 11) is 0. The first-order valence-corrected chi connectivity index (χ1v) is 7.09.